The Hall–Kier alpha value is -3.62. The van der Waals surface area contributed by atoms with Gasteiger partial charge in [-0.1, -0.05) is 0 Å². The van der Waals surface area contributed by atoms with E-state index >= 15 is 0 Å². The maximum absolute atomic E-state index is 12.5. The quantitative estimate of drug-likeness (QED) is 0.471. The molecule has 0 amide bonds. The highest BCUT2D eigenvalue weighted by molar-refractivity contribution is 5.90. The van der Waals surface area contributed by atoms with Gasteiger partial charge in [-0.25, -0.2) is 9.78 Å². The Morgan fingerprint density at radius 1 is 1.23 bits per heavy atom. The number of carbonyl (C=O) groups is 1. The van der Waals surface area contributed by atoms with Gasteiger partial charge in [-0.15, -0.1) is 0 Å². The molecule has 1 fully saturated rings. The number of anilines is 3. The first-order valence-corrected chi connectivity index (χ1v) is 10.4. The molecule has 9 nitrogen and oxygen atoms in total. The molecule has 0 radical (unpaired) electrons. The van der Waals surface area contributed by atoms with Gasteiger partial charge in [-0.3, -0.25) is 0 Å². The summed E-state index contributed by atoms with van der Waals surface area (Å²) >= 11 is 0. The molecule has 31 heavy (non-hydrogen) atoms. The summed E-state index contributed by atoms with van der Waals surface area (Å²) in [6, 6.07) is 7.83. The molecule has 0 saturated heterocycles. The Morgan fingerprint density at radius 3 is 2.81 bits per heavy atom. The van der Waals surface area contributed by atoms with Crippen molar-refractivity contribution in [2.45, 2.75) is 51.7 Å². The molecule has 3 heterocycles. The molecule has 5 rings (SSSR count). The maximum atomic E-state index is 12.5. The molecule has 2 N–H and O–H groups in total. The minimum Gasteiger partial charge on any atom is -0.459 e. The second kappa shape index (κ2) is 7.26. The van der Waals surface area contributed by atoms with Gasteiger partial charge in [0.1, 0.15) is 11.1 Å². The minimum atomic E-state index is -0.608. The van der Waals surface area contributed by atoms with Crippen LogP contribution in [-0.2, 0) is 4.74 Å². The van der Waals surface area contributed by atoms with Gasteiger partial charge in [0, 0.05) is 23.2 Å². The van der Waals surface area contributed by atoms with Crippen LogP contribution in [0.25, 0.3) is 22.0 Å². The van der Waals surface area contributed by atoms with Gasteiger partial charge in [-0.2, -0.15) is 14.8 Å². The molecule has 4 aromatic rings. The highest BCUT2D eigenvalue weighted by Gasteiger charge is 2.22. The Labute approximate surface area is 178 Å². The largest absolute Gasteiger partial charge is 0.459 e. The van der Waals surface area contributed by atoms with Crippen LogP contribution < -0.4 is 10.6 Å². The van der Waals surface area contributed by atoms with Crippen molar-refractivity contribution in [2.75, 3.05) is 10.6 Å². The Kier molecular flexibility index (Phi) is 4.53. The lowest BCUT2D eigenvalue weighted by molar-refractivity contribution is 0.0523. The molecule has 0 aliphatic heterocycles. The van der Waals surface area contributed by atoms with E-state index in [0.29, 0.717) is 28.9 Å². The van der Waals surface area contributed by atoms with Crippen molar-refractivity contribution in [1.29, 1.82) is 0 Å². The molecular formula is C22H24N6O3. The number of carbonyl (C=O) groups excluding carboxylic acids is 1. The lowest BCUT2D eigenvalue weighted by atomic mass is 9.93. The Balaban J connectivity index is 1.45. The molecule has 1 aromatic carbocycles. The van der Waals surface area contributed by atoms with E-state index in [1.54, 1.807) is 12.5 Å². The molecule has 160 valence electrons. The third-order valence-corrected chi connectivity index (χ3v) is 5.14. The van der Waals surface area contributed by atoms with Crippen molar-refractivity contribution in [3.63, 3.8) is 0 Å². The highest BCUT2D eigenvalue weighted by Crippen LogP contribution is 2.29. The van der Waals surface area contributed by atoms with Gasteiger partial charge < -0.3 is 19.8 Å². The zero-order valence-corrected chi connectivity index (χ0v) is 17.7. The van der Waals surface area contributed by atoms with E-state index in [-0.39, 0.29) is 0 Å². The summed E-state index contributed by atoms with van der Waals surface area (Å²) in [5.41, 5.74) is 2.13. The molecule has 0 spiro atoms. The van der Waals surface area contributed by atoms with E-state index in [2.05, 4.69) is 25.7 Å². The lowest BCUT2D eigenvalue weighted by Gasteiger charge is -2.26. The number of rotatable bonds is 4. The van der Waals surface area contributed by atoms with E-state index in [9.17, 15) is 4.79 Å². The molecule has 0 bridgehead atoms. The van der Waals surface area contributed by atoms with Gasteiger partial charge in [0.25, 0.3) is 0 Å². The fourth-order valence-electron chi connectivity index (χ4n) is 3.44. The third kappa shape index (κ3) is 3.90. The van der Waals surface area contributed by atoms with Crippen molar-refractivity contribution in [2.24, 2.45) is 0 Å². The molecular weight excluding hydrogens is 396 g/mol. The number of aromatic nitrogens is 4. The number of ether oxygens (including phenoxy) is 1. The monoisotopic (exact) mass is 420 g/mol. The fourth-order valence-corrected chi connectivity index (χ4v) is 3.44. The summed E-state index contributed by atoms with van der Waals surface area (Å²) in [5.74, 6) is 1.13. The van der Waals surface area contributed by atoms with Crippen LogP contribution in [0.4, 0.5) is 22.2 Å². The number of hydrogen-bond donors (Lipinski definition) is 2. The van der Waals surface area contributed by atoms with Crippen molar-refractivity contribution in [1.82, 2.24) is 19.7 Å². The van der Waals surface area contributed by atoms with Crippen LogP contribution in [0.15, 0.2) is 41.1 Å². The summed E-state index contributed by atoms with van der Waals surface area (Å²) in [6.07, 6.45) is 6.20. The van der Waals surface area contributed by atoms with Gasteiger partial charge in [0.05, 0.1) is 18.0 Å². The van der Waals surface area contributed by atoms with Gasteiger partial charge >= 0.3 is 6.09 Å². The smallest absolute Gasteiger partial charge is 0.435 e. The van der Waals surface area contributed by atoms with Gasteiger partial charge in [0.15, 0.2) is 11.4 Å². The van der Waals surface area contributed by atoms with Crippen molar-refractivity contribution >= 4 is 45.5 Å². The molecule has 1 aliphatic carbocycles. The highest BCUT2D eigenvalue weighted by atomic mass is 16.6. The van der Waals surface area contributed by atoms with Crippen LogP contribution in [0, 0.1) is 0 Å². The van der Waals surface area contributed by atoms with Crippen LogP contribution in [-0.4, -0.2) is 37.5 Å². The normalized spacial score (nSPS) is 14.5. The summed E-state index contributed by atoms with van der Waals surface area (Å²) in [4.78, 5) is 21.7. The van der Waals surface area contributed by atoms with Crippen molar-refractivity contribution in [3.05, 3.63) is 36.7 Å². The van der Waals surface area contributed by atoms with Crippen molar-refractivity contribution in [3.8, 4) is 0 Å². The van der Waals surface area contributed by atoms with E-state index in [4.69, 9.17) is 9.15 Å². The van der Waals surface area contributed by atoms with Crippen LogP contribution >= 0.6 is 0 Å². The number of hydrogen-bond acceptors (Lipinski definition) is 8. The Bertz CT molecular complexity index is 1270. The molecule has 9 heteroatoms. The lowest BCUT2D eigenvalue weighted by Crippen LogP contribution is -2.27. The maximum Gasteiger partial charge on any atom is 0.435 e. The van der Waals surface area contributed by atoms with E-state index in [1.807, 2.05) is 45.0 Å². The summed E-state index contributed by atoms with van der Waals surface area (Å²) < 4.78 is 12.3. The average Bonchev–Trinajstić information content (AvgIpc) is 3.29. The minimum absolute atomic E-state index is 0.413. The molecule has 1 saturated carbocycles. The SMILES string of the molecule is CC(C)(C)OC(=O)n1ncc2ccc(Nc3nc(NC4CCC4)c4occc4n3)cc21. The van der Waals surface area contributed by atoms with Crippen LogP contribution in [0.1, 0.15) is 40.0 Å². The van der Waals surface area contributed by atoms with Gasteiger partial charge in [-0.05, 0) is 58.2 Å². The van der Waals surface area contributed by atoms with Crippen LogP contribution in [0.3, 0.4) is 0 Å². The summed E-state index contributed by atoms with van der Waals surface area (Å²) in [5, 5.41) is 11.7. The Morgan fingerprint density at radius 2 is 2.06 bits per heavy atom. The van der Waals surface area contributed by atoms with Gasteiger partial charge in [0.2, 0.25) is 5.95 Å². The number of nitrogens with zero attached hydrogens (tertiary/aromatic N) is 4. The standard InChI is InChI=1S/C22H24N6O3/c1-22(2,3)31-21(29)28-17-11-15(8-7-13(17)12-23-28)25-20-26-16-9-10-30-18(16)19(27-20)24-14-5-4-6-14/h7-12,14H,4-6H2,1-3H3,(H2,24,25,26,27). The average molecular weight is 420 g/mol. The number of fused-ring (bicyclic) bond motifs is 2. The number of furan rings is 1. The zero-order chi connectivity index (χ0) is 21.6. The second-order valence-electron chi connectivity index (χ2n) is 8.74. The van der Waals surface area contributed by atoms with E-state index < -0.39 is 11.7 Å². The van der Waals surface area contributed by atoms with E-state index in [0.717, 1.165) is 29.4 Å². The zero-order valence-electron chi connectivity index (χ0n) is 17.7. The first-order chi connectivity index (χ1) is 14.9. The predicted molar refractivity (Wildman–Crippen MR) is 118 cm³/mol. The topological polar surface area (TPSA) is 107 Å². The third-order valence-electron chi connectivity index (χ3n) is 5.14. The molecule has 1 aliphatic rings. The number of nitrogens with one attached hydrogen (secondary N) is 2. The van der Waals surface area contributed by atoms with E-state index in [1.165, 1.54) is 11.1 Å². The van der Waals surface area contributed by atoms with Crippen LogP contribution in [0.5, 0.6) is 0 Å². The number of benzene rings is 1. The van der Waals surface area contributed by atoms with Crippen molar-refractivity contribution < 1.29 is 13.9 Å². The molecule has 3 aromatic heterocycles. The summed E-state index contributed by atoms with van der Waals surface area (Å²) in [7, 11) is 0. The first kappa shape index (κ1) is 19.3. The van der Waals surface area contributed by atoms with Crippen LogP contribution in [0.2, 0.25) is 0 Å². The fraction of sp³-hybridized carbons (Fsp3) is 0.364. The second-order valence-corrected chi connectivity index (χ2v) is 8.74. The predicted octanol–water partition coefficient (Wildman–Crippen LogP) is 5.06. The molecule has 0 atom stereocenters. The molecule has 0 unspecified atom stereocenters. The summed E-state index contributed by atoms with van der Waals surface area (Å²) in [6.45, 7) is 5.46. The first-order valence-electron chi connectivity index (χ1n) is 10.4.